The first-order chi connectivity index (χ1) is 12.3. The van der Waals surface area contributed by atoms with E-state index >= 15 is 0 Å². The molecule has 0 aromatic heterocycles. The van der Waals surface area contributed by atoms with E-state index in [-0.39, 0.29) is 16.5 Å². The molecule has 5 nitrogen and oxygen atoms in total. The molecule has 0 unspecified atom stereocenters. The van der Waals surface area contributed by atoms with Crippen molar-refractivity contribution >= 4 is 10.1 Å². The van der Waals surface area contributed by atoms with Gasteiger partial charge < -0.3 is 8.92 Å². The quantitative estimate of drug-likeness (QED) is 0.764. The molecule has 26 heavy (non-hydrogen) atoms. The van der Waals surface area contributed by atoms with Gasteiger partial charge in [-0.1, -0.05) is 30.3 Å². The predicted octanol–water partition coefficient (Wildman–Crippen LogP) is 3.63. The first-order valence-corrected chi connectivity index (χ1v) is 10.1. The SMILES string of the molecule is CC(C)(C)N1CCO[C@H](c2ccc(OS(=O)(=O)c3ccccc3)cc2)C1. The van der Waals surface area contributed by atoms with Crippen molar-refractivity contribution in [1.29, 1.82) is 0 Å². The van der Waals surface area contributed by atoms with Gasteiger partial charge in [-0.3, -0.25) is 4.90 Å². The Morgan fingerprint density at radius 1 is 1.04 bits per heavy atom. The van der Waals surface area contributed by atoms with Crippen LogP contribution in [-0.2, 0) is 14.9 Å². The van der Waals surface area contributed by atoms with Crippen molar-refractivity contribution in [3.05, 3.63) is 60.2 Å². The van der Waals surface area contributed by atoms with Crippen LogP contribution in [0.15, 0.2) is 59.5 Å². The molecule has 0 saturated carbocycles. The van der Waals surface area contributed by atoms with Gasteiger partial charge >= 0.3 is 10.1 Å². The number of hydrogen-bond acceptors (Lipinski definition) is 5. The van der Waals surface area contributed by atoms with E-state index in [1.807, 2.05) is 12.1 Å². The first-order valence-electron chi connectivity index (χ1n) is 8.72. The Morgan fingerprint density at radius 3 is 2.31 bits per heavy atom. The number of rotatable bonds is 4. The van der Waals surface area contributed by atoms with Gasteiger partial charge in [0.1, 0.15) is 10.6 Å². The van der Waals surface area contributed by atoms with Crippen LogP contribution in [-0.4, -0.2) is 38.6 Å². The standard InChI is InChI=1S/C20H25NO4S/c1-20(2,3)21-13-14-24-19(15-21)16-9-11-17(12-10-16)25-26(22,23)18-7-5-4-6-8-18/h4-12,19H,13-15H2,1-3H3/t19-/m0/s1. The third-order valence-corrected chi connectivity index (χ3v) is 5.77. The summed E-state index contributed by atoms with van der Waals surface area (Å²) in [5.74, 6) is 0.293. The highest BCUT2D eigenvalue weighted by molar-refractivity contribution is 7.87. The maximum atomic E-state index is 12.3. The van der Waals surface area contributed by atoms with Crippen LogP contribution in [0.2, 0.25) is 0 Å². The normalized spacial score (nSPS) is 19.3. The zero-order valence-electron chi connectivity index (χ0n) is 15.4. The van der Waals surface area contributed by atoms with Gasteiger partial charge in [0.05, 0.1) is 12.7 Å². The maximum absolute atomic E-state index is 12.3. The molecular weight excluding hydrogens is 350 g/mol. The molecule has 0 radical (unpaired) electrons. The number of benzene rings is 2. The Bertz CT molecular complexity index is 826. The second-order valence-corrected chi connectivity index (χ2v) is 8.94. The van der Waals surface area contributed by atoms with Gasteiger partial charge in [0.25, 0.3) is 0 Å². The Labute approximate surface area is 155 Å². The highest BCUT2D eigenvalue weighted by atomic mass is 32.2. The van der Waals surface area contributed by atoms with Crippen molar-refractivity contribution in [2.24, 2.45) is 0 Å². The van der Waals surface area contributed by atoms with E-state index in [0.717, 1.165) is 18.7 Å². The van der Waals surface area contributed by atoms with Crippen LogP contribution in [0, 0.1) is 0 Å². The van der Waals surface area contributed by atoms with Crippen LogP contribution < -0.4 is 4.18 Å². The van der Waals surface area contributed by atoms with Gasteiger partial charge in [-0.05, 0) is 50.6 Å². The third-order valence-electron chi connectivity index (χ3n) is 4.50. The van der Waals surface area contributed by atoms with Crippen molar-refractivity contribution in [2.45, 2.75) is 37.3 Å². The Balaban J connectivity index is 1.71. The minimum atomic E-state index is -3.82. The van der Waals surface area contributed by atoms with Crippen LogP contribution in [0.5, 0.6) is 5.75 Å². The van der Waals surface area contributed by atoms with Crippen LogP contribution >= 0.6 is 0 Å². The molecular formula is C20H25NO4S. The Kier molecular flexibility index (Phi) is 5.37. The third kappa shape index (κ3) is 4.44. The van der Waals surface area contributed by atoms with Crippen molar-refractivity contribution in [3.8, 4) is 5.75 Å². The lowest BCUT2D eigenvalue weighted by Crippen LogP contribution is -2.48. The summed E-state index contributed by atoms with van der Waals surface area (Å²) in [7, 11) is -3.82. The summed E-state index contributed by atoms with van der Waals surface area (Å²) in [4.78, 5) is 2.53. The highest BCUT2D eigenvalue weighted by Crippen LogP contribution is 2.28. The Morgan fingerprint density at radius 2 is 1.69 bits per heavy atom. The van der Waals surface area contributed by atoms with E-state index in [9.17, 15) is 8.42 Å². The molecule has 0 spiro atoms. The largest absolute Gasteiger partial charge is 0.379 e. The molecule has 1 heterocycles. The molecule has 1 saturated heterocycles. The molecule has 1 aliphatic rings. The van der Waals surface area contributed by atoms with E-state index in [4.69, 9.17) is 8.92 Å². The molecule has 0 amide bonds. The lowest BCUT2D eigenvalue weighted by molar-refractivity contribution is -0.0596. The molecule has 0 aliphatic carbocycles. The van der Waals surface area contributed by atoms with Crippen molar-refractivity contribution in [3.63, 3.8) is 0 Å². The fraction of sp³-hybridized carbons (Fsp3) is 0.400. The molecule has 0 bridgehead atoms. The smallest absolute Gasteiger partial charge is 0.339 e. The zero-order chi connectivity index (χ0) is 18.8. The van der Waals surface area contributed by atoms with E-state index in [0.29, 0.717) is 12.4 Å². The highest BCUT2D eigenvalue weighted by Gasteiger charge is 2.29. The second-order valence-electron chi connectivity index (χ2n) is 7.40. The van der Waals surface area contributed by atoms with E-state index < -0.39 is 10.1 Å². The average Bonchev–Trinajstić information content (AvgIpc) is 2.62. The number of ether oxygens (including phenoxy) is 1. The summed E-state index contributed by atoms with van der Waals surface area (Å²) < 4.78 is 35.7. The lowest BCUT2D eigenvalue weighted by atomic mass is 10.0. The molecule has 6 heteroatoms. The fourth-order valence-corrected chi connectivity index (χ4v) is 3.91. The summed E-state index contributed by atoms with van der Waals surface area (Å²) in [6, 6.07) is 15.2. The fourth-order valence-electron chi connectivity index (χ4n) is 2.96. The molecule has 1 atom stereocenters. The monoisotopic (exact) mass is 375 g/mol. The molecule has 2 aromatic rings. The van der Waals surface area contributed by atoms with E-state index in [1.165, 1.54) is 12.1 Å². The lowest BCUT2D eigenvalue weighted by Gasteiger charge is -2.41. The minimum absolute atomic E-state index is 0.0252. The summed E-state index contributed by atoms with van der Waals surface area (Å²) in [6.07, 6.45) is -0.0252. The van der Waals surface area contributed by atoms with Gasteiger partial charge in [0.2, 0.25) is 0 Å². The second kappa shape index (κ2) is 7.39. The van der Waals surface area contributed by atoms with E-state index in [1.54, 1.807) is 30.3 Å². The van der Waals surface area contributed by atoms with Gasteiger partial charge in [0, 0.05) is 18.6 Å². The van der Waals surface area contributed by atoms with Crippen molar-refractivity contribution in [1.82, 2.24) is 4.90 Å². The summed E-state index contributed by atoms with van der Waals surface area (Å²) in [5, 5.41) is 0. The zero-order valence-corrected chi connectivity index (χ0v) is 16.2. The molecule has 2 aromatic carbocycles. The first kappa shape index (κ1) is 18.9. The summed E-state index contributed by atoms with van der Waals surface area (Å²) in [6.45, 7) is 8.99. The van der Waals surface area contributed by atoms with Gasteiger partial charge in [-0.15, -0.1) is 0 Å². The molecule has 140 valence electrons. The Hall–Kier alpha value is -1.89. The van der Waals surface area contributed by atoms with Crippen molar-refractivity contribution in [2.75, 3.05) is 19.7 Å². The van der Waals surface area contributed by atoms with Crippen LogP contribution in [0.25, 0.3) is 0 Å². The van der Waals surface area contributed by atoms with Crippen LogP contribution in [0.1, 0.15) is 32.4 Å². The van der Waals surface area contributed by atoms with E-state index in [2.05, 4.69) is 25.7 Å². The van der Waals surface area contributed by atoms with Crippen LogP contribution in [0.4, 0.5) is 0 Å². The average molecular weight is 375 g/mol. The molecule has 1 fully saturated rings. The number of morpholine rings is 1. The predicted molar refractivity (Wildman–Crippen MR) is 101 cm³/mol. The van der Waals surface area contributed by atoms with Crippen LogP contribution in [0.3, 0.4) is 0 Å². The molecule has 3 rings (SSSR count). The summed E-state index contributed by atoms with van der Waals surface area (Å²) in [5.41, 5.74) is 1.11. The number of hydrogen-bond donors (Lipinski definition) is 0. The summed E-state index contributed by atoms with van der Waals surface area (Å²) >= 11 is 0. The topological polar surface area (TPSA) is 55.8 Å². The van der Waals surface area contributed by atoms with Gasteiger partial charge in [-0.2, -0.15) is 8.42 Å². The number of nitrogens with zero attached hydrogens (tertiary/aromatic N) is 1. The van der Waals surface area contributed by atoms with Gasteiger partial charge in [0.15, 0.2) is 0 Å². The van der Waals surface area contributed by atoms with Crippen molar-refractivity contribution < 1.29 is 17.3 Å². The molecule has 1 aliphatic heterocycles. The maximum Gasteiger partial charge on any atom is 0.339 e. The molecule has 0 N–H and O–H groups in total. The van der Waals surface area contributed by atoms with Gasteiger partial charge in [-0.25, -0.2) is 0 Å². The minimum Gasteiger partial charge on any atom is -0.379 e.